The van der Waals surface area contributed by atoms with Crippen LogP contribution in [-0.4, -0.2) is 40.3 Å². The highest BCUT2D eigenvalue weighted by atomic mass is 35.5. The summed E-state index contributed by atoms with van der Waals surface area (Å²) in [5, 5.41) is 16.8. The molecule has 11 heteroatoms. The van der Waals surface area contributed by atoms with E-state index >= 15 is 0 Å². The number of rotatable bonds is 5. The van der Waals surface area contributed by atoms with Crippen LogP contribution in [0.15, 0.2) is 47.6 Å². The Kier molecular flexibility index (Phi) is 7.53. The summed E-state index contributed by atoms with van der Waals surface area (Å²) in [6.07, 6.45) is 2.34. The van der Waals surface area contributed by atoms with E-state index in [0.717, 1.165) is 18.0 Å². The second-order valence-corrected chi connectivity index (χ2v) is 8.78. The maximum absolute atomic E-state index is 14.9. The van der Waals surface area contributed by atoms with Crippen molar-refractivity contribution in [1.82, 2.24) is 15.3 Å². The van der Waals surface area contributed by atoms with Gasteiger partial charge in [0.05, 0.1) is 34.0 Å². The molecule has 1 aliphatic rings. The van der Waals surface area contributed by atoms with Gasteiger partial charge in [0, 0.05) is 35.4 Å². The second kappa shape index (κ2) is 10.5. The number of hydrogen-bond donors (Lipinski definition) is 4. The van der Waals surface area contributed by atoms with Crippen molar-refractivity contribution in [2.45, 2.75) is 17.0 Å². The van der Waals surface area contributed by atoms with Crippen molar-refractivity contribution in [3.8, 4) is 11.8 Å². The van der Waals surface area contributed by atoms with Gasteiger partial charge in [0.25, 0.3) is 0 Å². The van der Waals surface area contributed by atoms with Crippen LogP contribution >= 0.6 is 35.1 Å². The standard InChI is InChI=1S/C22H17Cl2F2N5OS/c23-13-2-4-15(24)20(7-13)33-31-17-6-5-16(25)14(21(17)26)3-1-12-8-28-22(29-9-12)30-18-10-27-11-19(18)32/h2,4-9,18-19,27,31-32H,10-11H2,(H,28,29,30)/t18-,19-/m1/s1. The van der Waals surface area contributed by atoms with E-state index in [0.29, 0.717) is 39.5 Å². The minimum Gasteiger partial charge on any atom is -0.390 e. The molecule has 0 bridgehead atoms. The molecule has 0 radical (unpaired) electrons. The van der Waals surface area contributed by atoms with Gasteiger partial charge in [-0.25, -0.2) is 18.7 Å². The molecule has 2 heterocycles. The lowest BCUT2D eigenvalue weighted by Gasteiger charge is -2.14. The van der Waals surface area contributed by atoms with Gasteiger partial charge in [-0.05, 0) is 42.3 Å². The van der Waals surface area contributed by atoms with E-state index in [1.54, 1.807) is 18.2 Å². The first-order valence-corrected chi connectivity index (χ1v) is 11.3. The number of nitrogens with zero attached hydrogens (tertiary/aromatic N) is 2. The molecular formula is C22H17Cl2F2N5OS. The molecule has 4 N–H and O–H groups in total. The van der Waals surface area contributed by atoms with Gasteiger partial charge in [-0.3, -0.25) is 0 Å². The van der Waals surface area contributed by atoms with Gasteiger partial charge < -0.3 is 20.5 Å². The Morgan fingerprint density at radius 1 is 1.09 bits per heavy atom. The van der Waals surface area contributed by atoms with Crippen molar-refractivity contribution >= 4 is 46.8 Å². The number of β-amino-alcohol motifs (C(OH)–C–C–N with tert-alkyl or cyclic N) is 1. The third-order valence-corrected chi connectivity index (χ3v) is 6.29. The van der Waals surface area contributed by atoms with E-state index in [2.05, 4.69) is 37.2 Å². The Morgan fingerprint density at radius 3 is 2.61 bits per heavy atom. The summed E-state index contributed by atoms with van der Waals surface area (Å²) in [5.41, 5.74) is 0.0318. The van der Waals surface area contributed by atoms with Gasteiger partial charge in [0.2, 0.25) is 5.95 Å². The first-order valence-electron chi connectivity index (χ1n) is 9.76. The molecule has 6 nitrogen and oxygen atoms in total. The fraction of sp³-hybridized carbons (Fsp3) is 0.182. The number of anilines is 2. The van der Waals surface area contributed by atoms with E-state index in [1.165, 1.54) is 18.5 Å². The van der Waals surface area contributed by atoms with E-state index in [1.807, 2.05) is 0 Å². The molecule has 1 aromatic heterocycles. The molecule has 0 saturated carbocycles. The number of hydrogen-bond acceptors (Lipinski definition) is 7. The number of aromatic nitrogens is 2. The molecule has 33 heavy (non-hydrogen) atoms. The summed E-state index contributed by atoms with van der Waals surface area (Å²) in [5.74, 6) is 3.88. The Hall–Kier alpha value is -2.61. The molecule has 0 unspecified atom stereocenters. The average molecular weight is 508 g/mol. The molecule has 1 fully saturated rings. The fourth-order valence-electron chi connectivity index (χ4n) is 2.99. The first kappa shape index (κ1) is 23.5. The minimum absolute atomic E-state index is 0.0428. The molecule has 2 atom stereocenters. The van der Waals surface area contributed by atoms with E-state index < -0.39 is 17.7 Å². The summed E-state index contributed by atoms with van der Waals surface area (Å²) in [6.45, 7) is 1.09. The van der Waals surface area contributed by atoms with Gasteiger partial charge in [-0.1, -0.05) is 35.0 Å². The topological polar surface area (TPSA) is 82.1 Å². The minimum atomic E-state index is -0.838. The van der Waals surface area contributed by atoms with Crippen LogP contribution in [0, 0.1) is 23.5 Å². The molecule has 1 saturated heterocycles. The van der Waals surface area contributed by atoms with Gasteiger partial charge in [0.15, 0.2) is 5.82 Å². The Labute approximate surface area is 203 Å². The number of aliphatic hydroxyl groups excluding tert-OH is 1. The molecule has 0 spiro atoms. The van der Waals surface area contributed by atoms with Crippen LogP contribution in [0.2, 0.25) is 10.0 Å². The molecule has 0 aliphatic carbocycles. The number of nitrogens with one attached hydrogen (secondary N) is 3. The van der Waals surface area contributed by atoms with Crippen molar-refractivity contribution < 1.29 is 13.9 Å². The zero-order valence-electron chi connectivity index (χ0n) is 16.9. The molecular weight excluding hydrogens is 491 g/mol. The van der Waals surface area contributed by atoms with Crippen LogP contribution in [0.3, 0.4) is 0 Å². The average Bonchev–Trinajstić information content (AvgIpc) is 3.20. The van der Waals surface area contributed by atoms with Crippen molar-refractivity contribution in [3.63, 3.8) is 0 Å². The lowest BCUT2D eigenvalue weighted by Crippen LogP contribution is -2.32. The number of aliphatic hydroxyl groups is 1. The van der Waals surface area contributed by atoms with Gasteiger partial charge in [0.1, 0.15) is 5.82 Å². The van der Waals surface area contributed by atoms with Crippen LogP contribution in [0.5, 0.6) is 0 Å². The zero-order chi connectivity index (χ0) is 23.4. The maximum Gasteiger partial charge on any atom is 0.223 e. The molecule has 4 rings (SSSR count). The third kappa shape index (κ3) is 5.85. The lowest BCUT2D eigenvalue weighted by atomic mass is 10.1. The predicted molar refractivity (Wildman–Crippen MR) is 127 cm³/mol. The van der Waals surface area contributed by atoms with E-state index in [-0.39, 0.29) is 17.3 Å². The summed E-state index contributed by atoms with van der Waals surface area (Å²) in [6, 6.07) is 7.10. The van der Waals surface area contributed by atoms with Crippen LogP contribution in [-0.2, 0) is 0 Å². The van der Waals surface area contributed by atoms with Gasteiger partial charge >= 0.3 is 0 Å². The third-order valence-electron chi connectivity index (χ3n) is 4.74. The summed E-state index contributed by atoms with van der Waals surface area (Å²) < 4.78 is 32.0. The maximum atomic E-state index is 14.9. The molecule has 3 aromatic rings. The second-order valence-electron chi connectivity index (χ2n) is 7.08. The van der Waals surface area contributed by atoms with E-state index in [9.17, 15) is 13.9 Å². The monoisotopic (exact) mass is 507 g/mol. The van der Waals surface area contributed by atoms with Crippen molar-refractivity contribution in [2.75, 3.05) is 23.1 Å². The quantitative estimate of drug-likeness (QED) is 0.302. The highest BCUT2D eigenvalue weighted by Gasteiger charge is 2.25. The van der Waals surface area contributed by atoms with Crippen LogP contribution in [0.1, 0.15) is 11.1 Å². The summed E-state index contributed by atoms with van der Waals surface area (Å²) in [7, 11) is 0. The Bertz CT molecular complexity index is 1220. The van der Waals surface area contributed by atoms with Crippen molar-refractivity contribution in [3.05, 3.63) is 75.5 Å². The number of benzene rings is 2. The Balaban J connectivity index is 1.48. The van der Waals surface area contributed by atoms with Crippen molar-refractivity contribution in [2.24, 2.45) is 0 Å². The SMILES string of the molecule is O[C@@H]1CNC[C@H]1Nc1ncc(C#Cc2c(F)ccc(NSc3cc(Cl)ccc3Cl)c2F)cn1. The molecule has 0 amide bonds. The molecule has 170 valence electrons. The number of halogens is 4. The molecule has 2 aromatic carbocycles. The van der Waals surface area contributed by atoms with Gasteiger partial charge in [-0.2, -0.15) is 0 Å². The van der Waals surface area contributed by atoms with Crippen LogP contribution < -0.4 is 15.4 Å². The largest absolute Gasteiger partial charge is 0.390 e. The fourth-order valence-corrected chi connectivity index (χ4v) is 4.19. The van der Waals surface area contributed by atoms with Crippen LogP contribution in [0.25, 0.3) is 0 Å². The summed E-state index contributed by atoms with van der Waals surface area (Å²) >= 11 is 13.1. The van der Waals surface area contributed by atoms with E-state index in [4.69, 9.17) is 23.2 Å². The smallest absolute Gasteiger partial charge is 0.223 e. The first-order chi connectivity index (χ1) is 15.9. The van der Waals surface area contributed by atoms with Crippen molar-refractivity contribution in [1.29, 1.82) is 0 Å². The highest BCUT2D eigenvalue weighted by molar-refractivity contribution is 8.00. The lowest BCUT2D eigenvalue weighted by molar-refractivity contribution is 0.185. The highest BCUT2D eigenvalue weighted by Crippen LogP contribution is 2.32. The zero-order valence-corrected chi connectivity index (χ0v) is 19.2. The van der Waals surface area contributed by atoms with Gasteiger partial charge in [-0.15, -0.1) is 0 Å². The van der Waals surface area contributed by atoms with Crippen LogP contribution in [0.4, 0.5) is 20.4 Å². The predicted octanol–water partition coefficient (Wildman–Crippen LogP) is 4.33. The normalized spacial score (nSPS) is 17.4. The Morgan fingerprint density at radius 2 is 1.88 bits per heavy atom. The summed E-state index contributed by atoms with van der Waals surface area (Å²) in [4.78, 5) is 8.87. The molecule has 1 aliphatic heterocycles.